The summed E-state index contributed by atoms with van der Waals surface area (Å²) in [5, 5.41) is 0. The minimum absolute atomic E-state index is 0.0347. The van der Waals surface area contributed by atoms with Crippen LogP contribution in [0, 0.1) is 0 Å². The first-order chi connectivity index (χ1) is 4.84. The van der Waals surface area contributed by atoms with Gasteiger partial charge in [0.2, 0.25) is 0 Å². The third-order valence-electron chi connectivity index (χ3n) is 1.29. The first-order valence-corrected chi connectivity index (χ1v) is 3.20. The molecular weight excluding hydrogens is 126 g/mol. The van der Waals surface area contributed by atoms with Gasteiger partial charge in [0.05, 0.1) is 6.04 Å². The third-order valence-corrected chi connectivity index (χ3v) is 1.29. The number of hydrogen-bond acceptors (Lipinski definition) is 2. The van der Waals surface area contributed by atoms with Crippen molar-refractivity contribution in [2.24, 2.45) is 5.73 Å². The number of nitrogens with zero attached hydrogens (tertiary/aromatic N) is 1. The number of rotatable bonds is 3. The molecule has 1 atom stereocenters. The van der Waals surface area contributed by atoms with E-state index in [2.05, 4.69) is 16.5 Å². The van der Waals surface area contributed by atoms with E-state index in [0.29, 0.717) is 0 Å². The Hall–Kier alpha value is -1.09. The van der Waals surface area contributed by atoms with Crippen molar-refractivity contribution in [1.82, 2.24) is 9.97 Å². The zero-order valence-electron chi connectivity index (χ0n) is 5.75. The summed E-state index contributed by atoms with van der Waals surface area (Å²) in [6, 6.07) is -0.0347. The second kappa shape index (κ2) is 3.17. The maximum absolute atomic E-state index is 5.68. The van der Waals surface area contributed by atoms with Gasteiger partial charge in [0.15, 0.2) is 0 Å². The molecule has 1 rings (SSSR count). The van der Waals surface area contributed by atoms with E-state index in [1.54, 1.807) is 18.5 Å². The van der Waals surface area contributed by atoms with Gasteiger partial charge >= 0.3 is 0 Å². The molecule has 0 fully saturated rings. The number of H-pyrrole nitrogens is 1. The third kappa shape index (κ3) is 1.45. The second-order valence-corrected chi connectivity index (χ2v) is 2.11. The van der Waals surface area contributed by atoms with Crippen LogP contribution < -0.4 is 5.73 Å². The molecule has 0 aliphatic carbocycles. The highest BCUT2D eigenvalue weighted by Gasteiger charge is 2.03. The highest BCUT2D eigenvalue weighted by atomic mass is 14.9. The fourth-order valence-electron chi connectivity index (χ4n) is 0.771. The van der Waals surface area contributed by atoms with Crippen LogP contribution in [-0.2, 0) is 0 Å². The number of hydrogen-bond donors (Lipinski definition) is 2. The molecule has 1 aromatic heterocycles. The molecule has 10 heavy (non-hydrogen) atoms. The molecule has 3 N–H and O–H groups in total. The van der Waals surface area contributed by atoms with Gasteiger partial charge in [0, 0.05) is 12.4 Å². The average molecular weight is 137 g/mol. The second-order valence-electron chi connectivity index (χ2n) is 2.11. The summed E-state index contributed by atoms with van der Waals surface area (Å²) >= 11 is 0. The molecule has 0 unspecified atom stereocenters. The Kier molecular flexibility index (Phi) is 2.23. The van der Waals surface area contributed by atoms with Crippen molar-refractivity contribution in [2.75, 3.05) is 0 Å². The van der Waals surface area contributed by atoms with Crippen LogP contribution in [0.15, 0.2) is 25.0 Å². The van der Waals surface area contributed by atoms with E-state index >= 15 is 0 Å². The lowest BCUT2D eigenvalue weighted by Gasteiger charge is -2.02. The van der Waals surface area contributed by atoms with Crippen molar-refractivity contribution in [3.05, 3.63) is 30.9 Å². The van der Waals surface area contributed by atoms with Crippen molar-refractivity contribution in [1.29, 1.82) is 0 Å². The van der Waals surface area contributed by atoms with Crippen LogP contribution in [0.1, 0.15) is 18.3 Å². The minimum atomic E-state index is -0.0347. The molecule has 3 heteroatoms. The smallest absolute Gasteiger partial charge is 0.123 e. The summed E-state index contributed by atoms with van der Waals surface area (Å²) in [7, 11) is 0. The van der Waals surface area contributed by atoms with Crippen molar-refractivity contribution >= 4 is 0 Å². The van der Waals surface area contributed by atoms with Gasteiger partial charge in [-0.05, 0) is 6.42 Å². The van der Waals surface area contributed by atoms with Crippen molar-refractivity contribution in [3.8, 4) is 0 Å². The van der Waals surface area contributed by atoms with Gasteiger partial charge < -0.3 is 10.7 Å². The summed E-state index contributed by atoms with van der Waals surface area (Å²) in [4.78, 5) is 6.94. The van der Waals surface area contributed by atoms with Crippen molar-refractivity contribution < 1.29 is 0 Å². The molecule has 0 radical (unpaired) electrons. The molecule has 1 heterocycles. The van der Waals surface area contributed by atoms with Crippen LogP contribution in [-0.4, -0.2) is 9.97 Å². The monoisotopic (exact) mass is 137 g/mol. The summed E-state index contributed by atoms with van der Waals surface area (Å²) in [6.45, 7) is 3.59. The fourth-order valence-corrected chi connectivity index (χ4v) is 0.771. The summed E-state index contributed by atoms with van der Waals surface area (Å²) < 4.78 is 0. The highest BCUT2D eigenvalue weighted by molar-refractivity contribution is 4.96. The fraction of sp³-hybridized carbons (Fsp3) is 0.286. The van der Waals surface area contributed by atoms with E-state index in [1.165, 1.54) is 0 Å². The van der Waals surface area contributed by atoms with Gasteiger partial charge in [0.25, 0.3) is 0 Å². The van der Waals surface area contributed by atoms with E-state index in [-0.39, 0.29) is 6.04 Å². The Bertz CT molecular complexity index is 191. The predicted octanol–water partition coefficient (Wildman–Crippen LogP) is 0.986. The Morgan fingerprint density at radius 3 is 3.20 bits per heavy atom. The first kappa shape index (κ1) is 7.02. The zero-order valence-corrected chi connectivity index (χ0v) is 5.75. The SMILES string of the molecule is C=CC[C@@H](N)c1ncc[nH]1. The quantitative estimate of drug-likeness (QED) is 0.610. The lowest BCUT2D eigenvalue weighted by molar-refractivity contribution is 0.693. The van der Waals surface area contributed by atoms with E-state index < -0.39 is 0 Å². The van der Waals surface area contributed by atoms with Gasteiger partial charge in [-0.25, -0.2) is 4.98 Å². The van der Waals surface area contributed by atoms with Gasteiger partial charge in [0.1, 0.15) is 5.82 Å². The molecule has 0 saturated carbocycles. The Balaban J connectivity index is 2.58. The highest BCUT2D eigenvalue weighted by Crippen LogP contribution is 2.07. The zero-order chi connectivity index (χ0) is 7.40. The van der Waals surface area contributed by atoms with Crippen LogP contribution in [0.2, 0.25) is 0 Å². The van der Waals surface area contributed by atoms with E-state index in [0.717, 1.165) is 12.2 Å². The maximum Gasteiger partial charge on any atom is 0.123 e. The molecule has 3 nitrogen and oxygen atoms in total. The first-order valence-electron chi connectivity index (χ1n) is 3.20. The normalized spacial score (nSPS) is 12.9. The van der Waals surface area contributed by atoms with Gasteiger partial charge in [-0.3, -0.25) is 0 Å². The molecule has 0 amide bonds. The Labute approximate surface area is 60.0 Å². The van der Waals surface area contributed by atoms with E-state index in [4.69, 9.17) is 5.73 Å². The standard InChI is InChI=1S/C7H11N3/c1-2-3-6(8)7-9-4-5-10-7/h2,4-6H,1,3,8H2,(H,9,10)/t6-/m1/s1. The maximum atomic E-state index is 5.68. The Morgan fingerprint density at radius 2 is 2.70 bits per heavy atom. The number of nitrogens with one attached hydrogen (secondary N) is 1. The van der Waals surface area contributed by atoms with Crippen LogP contribution in [0.5, 0.6) is 0 Å². The molecule has 0 aliphatic rings. The van der Waals surface area contributed by atoms with E-state index in [9.17, 15) is 0 Å². The molecule has 0 saturated heterocycles. The van der Waals surface area contributed by atoms with Gasteiger partial charge in [-0.15, -0.1) is 6.58 Å². The minimum Gasteiger partial charge on any atom is -0.347 e. The van der Waals surface area contributed by atoms with Crippen LogP contribution in [0.4, 0.5) is 0 Å². The van der Waals surface area contributed by atoms with Crippen LogP contribution >= 0.6 is 0 Å². The lowest BCUT2D eigenvalue weighted by atomic mass is 10.2. The summed E-state index contributed by atoms with van der Waals surface area (Å²) in [6.07, 6.45) is 6.00. The molecule has 54 valence electrons. The van der Waals surface area contributed by atoms with Gasteiger partial charge in [-0.1, -0.05) is 6.08 Å². The number of nitrogens with two attached hydrogens (primary N) is 1. The van der Waals surface area contributed by atoms with Crippen LogP contribution in [0.25, 0.3) is 0 Å². The molecule has 0 spiro atoms. The topological polar surface area (TPSA) is 54.7 Å². The van der Waals surface area contributed by atoms with E-state index in [1.807, 2.05) is 0 Å². The van der Waals surface area contributed by atoms with Crippen molar-refractivity contribution in [2.45, 2.75) is 12.5 Å². The van der Waals surface area contributed by atoms with Gasteiger partial charge in [-0.2, -0.15) is 0 Å². The molecule has 0 aromatic carbocycles. The largest absolute Gasteiger partial charge is 0.347 e. The molecule has 0 bridgehead atoms. The predicted molar refractivity (Wildman–Crippen MR) is 40.3 cm³/mol. The summed E-state index contributed by atoms with van der Waals surface area (Å²) in [5.41, 5.74) is 5.68. The number of imidazole rings is 1. The lowest BCUT2D eigenvalue weighted by Crippen LogP contribution is -2.10. The van der Waals surface area contributed by atoms with Crippen molar-refractivity contribution in [3.63, 3.8) is 0 Å². The van der Waals surface area contributed by atoms with Crippen LogP contribution in [0.3, 0.4) is 0 Å². The number of aromatic amines is 1. The Morgan fingerprint density at radius 1 is 1.90 bits per heavy atom. The molecular formula is C7H11N3. The molecule has 0 aliphatic heterocycles. The number of aromatic nitrogens is 2. The molecule has 1 aromatic rings. The average Bonchev–Trinajstić information content (AvgIpc) is 2.38. The summed E-state index contributed by atoms with van der Waals surface area (Å²) in [5.74, 6) is 0.819.